The Morgan fingerprint density at radius 3 is 2.90 bits per heavy atom. The van der Waals surface area contributed by atoms with Crippen LogP contribution in [-0.4, -0.2) is 22.3 Å². The number of thiophene rings is 1. The molecule has 2 aromatic heterocycles. The minimum Gasteiger partial charge on any atom is -0.275 e. The van der Waals surface area contributed by atoms with Crippen molar-refractivity contribution in [1.29, 1.82) is 0 Å². The summed E-state index contributed by atoms with van der Waals surface area (Å²) in [6.45, 7) is 6.54. The zero-order valence-corrected chi connectivity index (χ0v) is 18.5. The van der Waals surface area contributed by atoms with Gasteiger partial charge < -0.3 is 0 Å². The van der Waals surface area contributed by atoms with E-state index >= 15 is 0 Å². The van der Waals surface area contributed by atoms with Gasteiger partial charge in [-0.25, -0.2) is 14.3 Å². The number of alkyl halides is 2. The molecule has 3 rings (SSSR count). The second kappa shape index (κ2) is 9.27. The molecule has 8 heteroatoms. The van der Waals surface area contributed by atoms with Crippen LogP contribution >= 0.6 is 11.3 Å². The monoisotopic (exact) mass is 435 g/mol. The molecule has 30 heavy (non-hydrogen) atoms. The maximum atomic E-state index is 13.1. The predicted molar refractivity (Wildman–Crippen MR) is 113 cm³/mol. The average molecular weight is 436 g/mol. The highest BCUT2D eigenvalue weighted by Crippen LogP contribution is 2.36. The van der Waals surface area contributed by atoms with Crippen LogP contribution in [0.2, 0.25) is 0 Å². The minimum atomic E-state index is -2.82. The molecule has 2 heterocycles. The van der Waals surface area contributed by atoms with Crippen LogP contribution in [0, 0.1) is 17.3 Å². The maximum Gasteiger partial charge on any atom is 0.282 e. The Labute approximate surface area is 179 Å². The zero-order valence-electron chi connectivity index (χ0n) is 17.7. The van der Waals surface area contributed by atoms with Crippen molar-refractivity contribution in [2.75, 3.05) is 6.61 Å². The van der Waals surface area contributed by atoms with Crippen LogP contribution in [-0.2, 0) is 18.3 Å². The number of fused-ring (bicyclic) bond motifs is 1. The van der Waals surface area contributed by atoms with Crippen LogP contribution in [0.1, 0.15) is 83.7 Å². The molecule has 0 spiro atoms. The van der Waals surface area contributed by atoms with Gasteiger partial charge in [0.15, 0.2) is 0 Å². The molecular weight excluding hydrogens is 408 g/mol. The normalized spacial score (nSPS) is 16.6. The lowest BCUT2D eigenvalue weighted by Gasteiger charge is -2.15. The van der Waals surface area contributed by atoms with Crippen LogP contribution in [0.3, 0.4) is 0 Å². The third kappa shape index (κ3) is 5.67. The summed E-state index contributed by atoms with van der Waals surface area (Å²) < 4.78 is 27.3. The number of rotatable bonds is 5. The van der Waals surface area contributed by atoms with E-state index in [4.69, 9.17) is 4.84 Å². The summed E-state index contributed by atoms with van der Waals surface area (Å²) in [5, 5.41) is 3.65. The Hall–Kier alpha value is -2.24. The van der Waals surface area contributed by atoms with Gasteiger partial charge in [-0.15, -0.1) is 11.3 Å². The first-order valence-electron chi connectivity index (χ1n) is 10.0. The summed E-state index contributed by atoms with van der Waals surface area (Å²) in [6.07, 6.45) is 2.58. The molecule has 1 aliphatic carbocycles. The lowest BCUT2D eigenvalue weighted by atomic mass is 9.98. The number of hydrogen-bond donors (Lipinski definition) is 1. The van der Waals surface area contributed by atoms with Gasteiger partial charge in [-0.2, -0.15) is 5.10 Å². The molecule has 1 amide bonds. The molecule has 0 bridgehead atoms. The van der Waals surface area contributed by atoms with Gasteiger partial charge in [-0.3, -0.25) is 14.3 Å². The summed E-state index contributed by atoms with van der Waals surface area (Å²) >= 11 is 1.68. The first-order valence-corrected chi connectivity index (χ1v) is 10.9. The second-order valence-electron chi connectivity index (χ2n) is 8.59. The van der Waals surface area contributed by atoms with Gasteiger partial charge in [0, 0.05) is 29.5 Å². The highest BCUT2D eigenvalue weighted by molar-refractivity contribution is 7.12. The van der Waals surface area contributed by atoms with E-state index in [2.05, 4.69) is 49.3 Å². The third-order valence-corrected chi connectivity index (χ3v) is 6.04. The van der Waals surface area contributed by atoms with Crippen LogP contribution in [0.5, 0.6) is 0 Å². The Morgan fingerprint density at radius 1 is 1.43 bits per heavy atom. The number of amides is 1. The molecule has 2 aromatic rings. The summed E-state index contributed by atoms with van der Waals surface area (Å²) in [7, 11) is 1.49. The van der Waals surface area contributed by atoms with Gasteiger partial charge in [0.05, 0.1) is 17.0 Å². The molecule has 0 aromatic carbocycles. The van der Waals surface area contributed by atoms with Crippen molar-refractivity contribution in [2.24, 2.45) is 12.5 Å². The van der Waals surface area contributed by atoms with E-state index in [-0.39, 0.29) is 23.5 Å². The van der Waals surface area contributed by atoms with Crippen molar-refractivity contribution < 1.29 is 18.4 Å². The van der Waals surface area contributed by atoms with E-state index in [1.54, 1.807) is 11.3 Å². The topological polar surface area (TPSA) is 56.2 Å². The first-order chi connectivity index (χ1) is 14.1. The van der Waals surface area contributed by atoms with E-state index in [1.165, 1.54) is 28.4 Å². The quantitative estimate of drug-likeness (QED) is 0.409. The molecule has 1 aliphatic rings. The summed E-state index contributed by atoms with van der Waals surface area (Å²) in [5.41, 5.74) is 2.82. The van der Waals surface area contributed by atoms with E-state index in [0.29, 0.717) is 0 Å². The first kappa shape index (κ1) is 22.4. The minimum absolute atomic E-state index is 0.0580. The number of carbonyl (C=O) groups is 1. The van der Waals surface area contributed by atoms with Crippen molar-refractivity contribution in [3.05, 3.63) is 38.8 Å². The van der Waals surface area contributed by atoms with E-state index in [9.17, 15) is 13.6 Å². The Morgan fingerprint density at radius 2 is 2.20 bits per heavy atom. The van der Waals surface area contributed by atoms with Gasteiger partial charge >= 0.3 is 0 Å². The Bertz CT molecular complexity index is 963. The lowest BCUT2D eigenvalue weighted by Crippen LogP contribution is -2.26. The van der Waals surface area contributed by atoms with Crippen molar-refractivity contribution >= 4 is 17.2 Å². The average Bonchev–Trinajstić information content (AvgIpc) is 3.20. The van der Waals surface area contributed by atoms with Crippen molar-refractivity contribution in [3.63, 3.8) is 0 Å². The molecule has 162 valence electrons. The molecule has 5 nitrogen and oxygen atoms in total. The Kier molecular flexibility index (Phi) is 6.94. The highest BCUT2D eigenvalue weighted by atomic mass is 32.1. The number of hydroxylamine groups is 1. The van der Waals surface area contributed by atoms with Crippen LogP contribution in [0.25, 0.3) is 0 Å². The molecule has 0 saturated heterocycles. The highest BCUT2D eigenvalue weighted by Gasteiger charge is 2.25. The number of hydrogen-bond acceptors (Lipinski definition) is 4. The number of nitrogens with one attached hydrogen (secondary N) is 1. The van der Waals surface area contributed by atoms with E-state index < -0.39 is 18.0 Å². The smallest absolute Gasteiger partial charge is 0.275 e. The zero-order chi connectivity index (χ0) is 21.9. The number of halogens is 2. The predicted octanol–water partition coefficient (Wildman–Crippen LogP) is 4.99. The van der Waals surface area contributed by atoms with Crippen LogP contribution in [0.4, 0.5) is 8.78 Å². The lowest BCUT2D eigenvalue weighted by molar-refractivity contribution is 0.0243. The van der Waals surface area contributed by atoms with Crippen molar-refractivity contribution in [1.82, 2.24) is 15.3 Å². The largest absolute Gasteiger partial charge is 0.282 e. The second-order valence-corrected chi connectivity index (χ2v) is 9.67. The van der Waals surface area contributed by atoms with Crippen LogP contribution < -0.4 is 5.48 Å². The molecule has 1 unspecified atom stereocenters. The Balaban J connectivity index is 1.67. The molecule has 1 atom stereocenters. The van der Waals surface area contributed by atoms with Gasteiger partial charge in [0.25, 0.3) is 12.3 Å². The van der Waals surface area contributed by atoms with Crippen molar-refractivity contribution in [2.45, 2.75) is 58.8 Å². The fourth-order valence-corrected chi connectivity index (χ4v) is 4.58. The fourth-order valence-electron chi connectivity index (χ4n) is 3.40. The fraction of sp³-hybridized carbons (Fsp3) is 0.545. The van der Waals surface area contributed by atoms with E-state index in [1.807, 2.05) is 0 Å². The van der Waals surface area contributed by atoms with Crippen molar-refractivity contribution in [3.8, 4) is 11.8 Å². The SMILES string of the molecule is Cn1cc(C(=O)NOCC2CCCCc3cc(C#CC(C)(C)C)sc32)c(C(F)F)n1. The third-order valence-electron chi connectivity index (χ3n) is 4.78. The van der Waals surface area contributed by atoms with Crippen LogP contribution in [0.15, 0.2) is 12.3 Å². The molecular formula is C22H27F2N3O2S. The molecule has 1 N–H and O–H groups in total. The van der Waals surface area contributed by atoms with Gasteiger partial charge in [0.1, 0.15) is 5.69 Å². The molecule has 0 aliphatic heterocycles. The van der Waals surface area contributed by atoms with E-state index in [0.717, 1.165) is 30.6 Å². The number of carbonyl (C=O) groups excluding carboxylic acids is 1. The standard InChI is InChI=1S/C22H27F2N3O2S/c1-22(2,3)10-9-16-11-14-7-5-6-8-15(19(14)30-16)13-29-26-21(28)17-12-27(4)25-18(17)20(23)24/h11-12,15,20H,5-8,13H2,1-4H3,(H,26,28). The molecule has 0 saturated carbocycles. The summed E-state index contributed by atoms with van der Waals surface area (Å²) in [6, 6.07) is 2.17. The summed E-state index contributed by atoms with van der Waals surface area (Å²) in [4.78, 5) is 20.0. The number of aryl methyl sites for hydroxylation is 2. The number of aromatic nitrogens is 2. The number of nitrogens with zero attached hydrogens (tertiary/aromatic N) is 2. The molecule has 0 radical (unpaired) electrons. The van der Waals surface area contributed by atoms with Gasteiger partial charge in [-0.05, 0) is 51.7 Å². The maximum absolute atomic E-state index is 13.1. The summed E-state index contributed by atoms with van der Waals surface area (Å²) in [5.74, 6) is 5.98. The van der Waals surface area contributed by atoms with Gasteiger partial charge in [0.2, 0.25) is 0 Å². The van der Waals surface area contributed by atoms with Gasteiger partial charge in [-0.1, -0.05) is 18.3 Å². The molecule has 0 fully saturated rings.